The Bertz CT molecular complexity index is 823. The summed E-state index contributed by atoms with van der Waals surface area (Å²) in [5.74, 6) is -1.16. The van der Waals surface area contributed by atoms with Gasteiger partial charge in [-0.25, -0.2) is 4.79 Å². The molecule has 1 saturated heterocycles. The van der Waals surface area contributed by atoms with Gasteiger partial charge in [-0.15, -0.1) is 0 Å². The van der Waals surface area contributed by atoms with Crippen LogP contribution in [-0.2, 0) is 27.4 Å². The zero-order valence-corrected chi connectivity index (χ0v) is 17.8. The smallest absolute Gasteiger partial charge is 0.409 e. The van der Waals surface area contributed by atoms with Crippen molar-refractivity contribution in [3.05, 3.63) is 71.8 Å². The number of nitrogens with one attached hydrogen (secondary N) is 1. The summed E-state index contributed by atoms with van der Waals surface area (Å²) in [5, 5.41) is 2.85. The molecular formula is C24H29N3O4. The quantitative estimate of drug-likeness (QED) is 0.725. The Hall–Kier alpha value is -3.35. The van der Waals surface area contributed by atoms with E-state index in [1.54, 1.807) is 16.7 Å². The van der Waals surface area contributed by atoms with Gasteiger partial charge in [0.1, 0.15) is 0 Å². The molecule has 0 spiro atoms. The molecule has 0 bridgehead atoms. The van der Waals surface area contributed by atoms with Gasteiger partial charge in [-0.1, -0.05) is 60.7 Å². The van der Waals surface area contributed by atoms with Gasteiger partial charge in [-0.05, 0) is 30.9 Å². The summed E-state index contributed by atoms with van der Waals surface area (Å²) < 4.78 is 5.02. The number of benzene rings is 2. The highest BCUT2D eigenvalue weighted by Crippen LogP contribution is 2.14. The molecule has 164 valence electrons. The van der Waals surface area contributed by atoms with E-state index >= 15 is 0 Å². The minimum absolute atomic E-state index is 0.141. The van der Waals surface area contributed by atoms with E-state index in [0.29, 0.717) is 45.6 Å². The number of rotatable bonds is 6. The normalized spacial score (nSPS) is 14.0. The zero-order chi connectivity index (χ0) is 22.1. The van der Waals surface area contributed by atoms with Crippen molar-refractivity contribution < 1.29 is 19.1 Å². The number of hydrogen-bond acceptors (Lipinski definition) is 4. The van der Waals surface area contributed by atoms with Gasteiger partial charge >= 0.3 is 17.9 Å². The summed E-state index contributed by atoms with van der Waals surface area (Å²) in [5.41, 5.74) is 1.92. The topological polar surface area (TPSA) is 79.0 Å². The van der Waals surface area contributed by atoms with Crippen LogP contribution in [0, 0.1) is 0 Å². The number of amides is 3. The first-order chi connectivity index (χ1) is 15.1. The van der Waals surface area contributed by atoms with Gasteiger partial charge < -0.3 is 19.9 Å². The molecule has 31 heavy (non-hydrogen) atoms. The second kappa shape index (κ2) is 11.2. The Morgan fingerprint density at radius 3 is 1.94 bits per heavy atom. The number of ether oxygens (including phenoxy) is 1. The maximum absolute atomic E-state index is 13.0. The molecule has 3 amide bonds. The predicted octanol–water partition coefficient (Wildman–Crippen LogP) is 2.95. The Labute approximate surface area is 183 Å². The Morgan fingerprint density at radius 2 is 1.45 bits per heavy atom. The average Bonchev–Trinajstić information content (AvgIpc) is 2.80. The Morgan fingerprint density at radius 1 is 0.935 bits per heavy atom. The summed E-state index contributed by atoms with van der Waals surface area (Å²) >= 11 is 0. The number of likely N-dealkylation sites (tertiary alicyclic amines) is 1. The van der Waals surface area contributed by atoms with Crippen LogP contribution in [0.2, 0.25) is 0 Å². The summed E-state index contributed by atoms with van der Waals surface area (Å²) in [6, 6.07) is 19.1. The van der Waals surface area contributed by atoms with Crippen molar-refractivity contribution >= 4 is 17.9 Å². The largest absolute Gasteiger partial charge is 0.450 e. The van der Waals surface area contributed by atoms with Crippen LogP contribution in [0.15, 0.2) is 60.7 Å². The van der Waals surface area contributed by atoms with Crippen LogP contribution in [-0.4, -0.2) is 53.4 Å². The molecule has 1 aliphatic heterocycles. The Kier molecular flexibility index (Phi) is 8.04. The van der Waals surface area contributed by atoms with Crippen molar-refractivity contribution in [3.8, 4) is 0 Å². The van der Waals surface area contributed by atoms with Crippen LogP contribution in [0.4, 0.5) is 4.79 Å². The predicted molar refractivity (Wildman–Crippen MR) is 117 cm³/mol. The van der Waals surface area contributed by atoms with E-state index in [0.717, 1.165) is 11.1 Å². The molecule has 1 fully saturated rings. The van der Waals surface area contributed by atoms with Crippen LogP contribution in [0.5, 0.6) is 0 Å². The SMILES string of the molecule is CCOC(=O)N1CCC(NC(=O)C(=O)N(Cc2ccccc2)Cc2ccccc2)CC1. The minimum Gasteiger partial charge on any atom is -0.450 e. The first-order valence-electron chi connectivity index (χ1n) is 10.7. The van der Waals surface area contributed by atoms with Gasteiger partial charge in [0.25, 0.3) is 0 Å². The highest BCUT2D eigenvalue weighted by Gasteiger charge is 2.28. The van der Waals surface area contributed by atoms with E-state index < -0.39 is 11.8 Å². The molecule has 1 aliphatic rings. The summed E-state index contributed by atoms with van der Waals surface area (Å²) in [6.45, 7) is 3.80. The van der Waals surface area contributed by atoms with Crippen molar-refractivity contribution in [1.82, 2.24) is 15.1 Å². The van der Waals surface area contributed by atoms with E-state index in [4.69, 9.17) is 4.74 Å². The van der Waals surface area contributed by atoms with Crippen molar-refractivity contribution in [2.75, 3.05) is 19.7 Å². The third-order valence-corrected chi connectivity index (χ3v) is 5.27. The summed E-state index contributed by atoms with van der Waals surface area (Å²) in [4.78, 5) is 40.8. The fourth-order valence-corrected chi connectivity index (χ4v) is 3.62. The van der Waals surface area contributed by atoms with Gasteiger partial charge in [0.05, 0.1) is 6.61 Å². The standard InChI is InChI=1S/C24H29N3O4/c1-2-31-24(30)26-15-13-21(14-16-26)25-22(28)23(29)27(17-19-9-5-3-6-10-19)18-20-11-7-4-8-12-20/h3-12,21H,2,13-18H2,1H3,(H,25,28). The number of carbonyl (C=O) groups excluding carboxylic acids is 3. The molecule has 2 aromatic rings. The molecule has 0 atom stereocenters. The van der Waals surface area contributed by atoms with Gasteiger partial charge in [0.15, 0.2) is 0 Å². The van der Waals surface area contributed by atoms with Crippen molar-refractivity contribution in [1.29, 1.82) is 0 Å². The maximum Gasteiger partial charge on any atom is 0.409 e. The highest BCUT2D eigenvalue weighted by atomic mass is 16.6. The molecule has 0 aliphatic carbocycles. The van der Waals surface area contributed by atoms with E-state index in [2.05, 4.69) is 5.32 Å². The van der Waals surface area contributed by atoms with Gasteiger partial charge in [-0.2, -0.15) is 0 Å². The molecule has 1 heterocycles. The molecule has 2 aromatic carbocycles. The number of nitrogens with zero attached hydrogens (tertiary/aromatic N) is 2. The van der Waals surface area contributed by atoms with Crippen molar-refractivity contribution in [3.63, 3.8) is 0 Å². The number of carbonyl (C=O) groups is 3. The fourth-order valence-electron chi connectivity index (χ4n) is 3.62. The lowest BCUT2D eigenvalue weighted by molar-refractivity contribution is -0.147. The van der Waals surface area contributed by atoms with Crippen molar-refractivity contribution in [2.24, 2.45) is 0 Å². The van der Waals surface area contributed by atoms with Gasteiger partial charge in [-0.3, -0.25) is 9.59 Å². The van der Waals surface area contributed by atoms with Crippen LogP contribution in [0.1, 0.15) is 30.9 Å². The molecule has 7 nitrogen and oxygen atoms in total. The lowest BCUT2D eigenvalue weighted by Gasteiger charge is -2.32. The van der Waals surface area contributed by atoms with Gasteiger partial charge in [0, 0.05) is 32.2 Å². The van der Waals surface area contributed by atoms with Crippen LogP contribution in [0.3, 0.4) is 0 Å². The Balaban J connectivity index is 1.60. The van der Waals surface area contributed by atoms with E-state index in [1.165, 1.54) is 0 Å². The molecule has 3 rings (SSSR count). The van der Waals surface area contributed by atoms with E-state index in [-0.39, 0.29) is 12.1 Å². The summed E-state index contributed by atoms with van der Waals surface area (Å²) in [6.07, 6.45) is 0.852. The molecule has 1 N–H and O–H groups in total. The maximum atomic E-state index is 13.0. The monoisotopic (exact) mass is 423 g/mol. The fraction of sp³-hybridized carbons (Fsp3) is 0.375. The summed E-state index contributed by atoms with van der Waals surface area (Å²) in [7, 11) is 0. The van der Waals surface area contributed by atoms with E-state index in [1.807, 2.05) is 60.7 Å². The lowest BCUT2D eigenvalue weighted by Crippen LogP contribution is -2.50. The van der Waals surface area contributed by atoms with Gasteiger partial charge in [0.2, 0.25) is 0 Å². The first kappa shape index (κ1) is 22.3. The lowest BCUT2D eigenvalue weighted by atomic mass is 10.1. The molecule has 0 aromatic heterocycles. The molecule has 0 radical (unpaired) electrons. The second-order valence-corrected chi connectivity index (χ2v) is 7.57. The number of hydrogen-bond donors (Lipinski definition) is 1. The minimum atomic E-state index is -0.610. The average molecular weight is 424 g/mol. The highest BCUT2D eigenvalue weighted by molar-refractivity contribution is 6.35. The molecule has 0 saturated carbocycles. The second-order valence-electron chi connectivity index (χ2n) is 7.57. The van der Waals surface area contributed by atoms with Crippen molar-refractivity contribution in [2.45, 2.75) is 38.9 Å². The third-order valence-electron chi connectivity index (χ3n) is 5.27. The molecular weight excluding hydrogens is 394 g/mol. The van der Waals surface area contributed by atoms with Crippen LogP contribution < -0.4 is 5.32 Å². The molecule has 7 heteroatoms. The first-order valence-corrected chi connectivity index (χ1v) is 10.7. The molecule has 0 unspecified atom stereocenters. The van der Waals surface area contributed by atoms with E-state index in [9.17, 15) is 14.4 Å². The number of piperidine rings is 1. The van der Waals surface area contributed by atoms with Crippen LogP contribution in [0.25, 0.3) is 0 Å². The third kappa shape index (κ3) is 6.57. The zero-order valence-electron chi connectivity index (χ0n) is 17.8. The van der Waals surface area contributed by atoms with Crippen LogP contribution >= 0.6 is 0 Å².